The van der Waals surface area contributed by atoms with Gasteiger partial charge in [-0.05, 0) is 60.9 Å². The number of imidazole rings is 1. The molecule has 5 nitrogen and oxygen atoms in total. The molecule has 0 saturated heterocycles. The number of carbonyl (C=O) groups excluding carboxylic acids is 1. The predicted molar refractivity (Wildman–Crippen MR) is 119 cm³/mol. The van der Waals surface area contributed by atoms with Gasteiger partial charge >= 0.3 is 0 Å². The molecule has 1 amide bonds. The average Bonchev–Trinajstić information content (AvgIpc) is 3.35. The summed E-state index contributed by atoms with van der Waals surface area (Å²) < 4.78 is 7.41. The number of aromatic nitrogens is 2. The number of nitrogens with one attached hydrogen (secondary N) is 1. The van der Waals surface area contributed by atoms with Crippen LogP contribution < -0.4 is 5.32 Å². The zero-order valence-electron chi connectivity index (χ0n) is 17.1. The number of furan rings is 1. The average molecular weight is 422 g/mol. The Morgan fingerprint density at radius 3 is 2.70 bits per heavy atom. The second-order valence-corrected chi connectivity index (χ2v) is 7.89. The van der Waals surface area contributed by atoms with E-state index in [0.29, 0.717) is 25.9 Å². The summed E-state index contributed by atoms with van der Waals surface area (Å²) in [7, 11) is 0. The zero-order valence-corrected chi connectivity index (χ0v) is 17.9. The first kappa shape index (κ1) is 20.2. The van der Waals surface area contributed by atoms with E-state index in [1.165, 1.54) is 11.1 Å². The fourth-order valence-corrected chi connectivity index (χ4v) is 3.73. The Kier molecular flexibility index (Phi) is 5.91. The van der Waals surface area contributed by atoms with Gasteiger partial charge in [0.05, 0.1) is 23.8 Å². The highest BCUT2D eigenvalue weighted by Crippen LogP contribution is 2.25. The minimum atomic E-state index is -0.0271. The Hall–Kier alpha value is -3.05. The minimum absolute atomic E-state index is 0.0271. The van der Waals surface area contributed by atoms with Gasteiger partial charge in [0.15, 0.2) is 0 Å². The molecule has 2 aromatic heterocycles. The molecule has 2 aromatic carbocycles. The van der Waals surface area contributed by atoms with E-state index < -0.39 is 0 Å². The van der Waals surface area contributed by atoms with Gasteiger partial charge in [-0.3, -0.25) is 4.79 Å². The van der Waals surface area contributed by atoms with Crippen molar-refractivity contribution in [2.24, 2.45) is 0 Å². The standard InChI is InChI=1S/C24H24ClN3O2/c1-16-12-21-22(13-17(16)2)28(10-9-24(29)26-15-19-7-5-11-30-19)23(27-21)14-18-6-3-4-8-20(18)25/h3-8,11-13H,9-10,14-15H2,1-2H3,(H,26,29). The molecule has 0 spiro atoms. The van der Waals surface area contributed by atoms with Gasteiger partial charge in [0, 0.05) is 24.4 Å². The summed E-state index contributed by atoms with van der Waals surface area (Å²) >= 11 is 6.38. The quantitative estimate of drug-likeness (QED) is 0.446. The number of amides is 1. The molecule has 0 unspecified atom stereocenters. The van der Waals surface area contributed by atoms with E-state index in [0.717, 1.165) is 33.2 Å². The highest BCUT2D eigenvalue weighted by molar-refractivity contribution is 6.31. The molecule has 0 radical (unpaired) electrons. The Bertz CT molecular complexity index is 1180. The molecule has 0 aliphatic rings. The maximum atomic E-state index is 12.4. The number of hydrogen-bond acceptors (Lipinski definition) is 3. The molecule has 4 rings (SSSR count). The van der Waals surface area contributed by atoms with Crippen LogP contribution in [0.2, 0.25) is 5.02 Å². The number of rotatable bonds is 7. The third kappa shape index (κ3) is 4.41. The van der Waals surface area contributed by atoms with Crippen LogP contribution in [0.1, 0.15) is 34.7 Å². The molecular weight excluding hydrogens is 398 g/mol. The van der Waals surface area contributed by atoms with Crippen molar-refractivity contribution in [1.29, 1.82) is 0 Å². The normalized spacial score (nSPS) is 11.2. The van der Waals surface area contributed by atoms with Gasteiger partial charge in [-0.1, -0.05) is 29.8 Å². The first-order valence-corrected chi connectivity index (χ1v) is 10.4. The lowest BCUT2D eigenvalue weighted by Gasteiger charge is -2.11. The molecule has 0 saturated carbocycles. The van der Waals surface area contributed by atoms with Crippen LogP contribution in [-0.4, -0.2) is 15.5 Å². The Morgan fingerprint density at radius 1 is 1.13 bits per heavy atom. The topological polar surface area (TPSA) is 60.1 Å². The summed E-state index contributed by atoms with van der Waals surface area (Å²) in [6, 6.07) is 15.7. The number of fused-ring (bicyclic) bond motifs is 1. The van der Waals surface area contributed by atoms with Gasteiger partial charge in [-0.25, -0.2) is 4.98 Å². The molecule has 2 heterocycles. The van der Waals surface area contributed by atoms with Crippen molar-refractivity contribution < 1.29 is 9.21 Å². The van der Waals surface area contributed by atoms with Crippen LogP contribution in [0.4, 0.5) is 0 Å². The third-order valence-electron chi connectivity index (χ3n) is 5.35. The van der Waals surface area contributed by atoms with Crippen LogP contribution in [-0.2, 0) is 24.3 Å². The molecule has 154 valence electrons. The van der Waals surface area contributed by atoms with Gasteiger partial charge < -0.3 is 14.3 Å². The van der Waals surface area contributed by atoms with Gasteiger partial charge in [0.1, 0.15) is 11.6 Å². The SMILES string of the molecule is Cc1cc2nc(Cc3ccccc3Cl)n(CCC(=O)NCc3ccco3)c2cc1C. The molecule has 0 aliphatic heterocycles. The van der Waals surface area contributed by atoms with Crippen molar-refractivity contribution in [2.45, 2.75) is 39.8 Å². The van der Waals surface area contributed by atoms with Crippen molar-refractivity contribution >= 4 is 28.5 Å². The lowest BCUT2D eigenvalue weighted by molar-refractivity contribution is -0.121. The summed E-state index contributed by atoms with van der Waals surface area (Å²) in [4.78, 5) is 17.3. The number of hydrogen-bond donors (Lipinski definition) is 1. The van der Waals surface area contributed by atoms with Gasteiger partial charge in [0.2, 0.25) is 5.91 Å². The highest BCUT2D eigenvalue weighted by atomic mass is 35.5. The predicted octanol–water partition coefficient (Wildman–Crippen LogP) is 5.20. The van der Waals surface area contributed by atoms with Gasteiger partial charge in [-0.2, -0.15) is 0 Å². The van der Waals surface area contributed by atoms with Gasteiger partial charge in [-0.15, -0.1) is 0 Å². The summed E-state index contributed by atoms with van der Waals surface area (Å²) in [6.07, 6.45) is 2.57. The van der Waals surface area contributed by atoms with Crippen molar-refractivity contribution in [3.8, 4) is 0 Å². The second-order valence-electron chi connectivity index (χ2n) is 7.48. The van der Waals surface area contributed by atoms with Crippen LogP contribution in [0.3, 0.4) is 0 Å². The van der Waals surface area contributed by atoms with Gasteiger partial charge in [0.25, 0.3) is 0 Å². The number of benzene rings is 2. The summed E-state index contributed by atoms with van der Waals surface area (Å²) in [6.45, 7) is 5.11. The van der Waals surface area contributed by atoms with E-state index in [4.69, 9.17) is 21.0 Å². The van der Waals surface area contributed by atoms with E-state index in [1.807, 2.05) is 36.4 Å². The van der Waals surface area contributed by atoms with Crippen molar-refractivity contribution in [3.05, 3.63) is 88.1 Å². The Morgan fingerprint density at radius 2 is 1.93 bits per heavy atom. The Labute approximate surface area is 180 Å². The number of carbonyl (C=O) groups is 1. The highest BCUT2D eigenvalue weighted by Gasteiger charge is 2.15. The first-order chi connectivity index (χ1) is 14.5. The fourth-order valence-electron chi connectivity index (χ4n) is 3.53. The smallest absolute Gasteiger partial charge is 0.222 e. The third-order valence-corrected chi connectivity index (χ3v) is 5.72. The van der Waals surface area contributed by atoms with Crippen molar-refractivity contribution in [1.82, 2.24) is 14.9 Å². The molecule has 30 heavy (non-hydrogen) atoms. The van der Waals surface area contributed by atoms with Crippen molar-refractivity contribution in [3.63, 3.8) is 0 Å². The molecule has 0 bridgehead atoms. The van der Waals surface area contributed by atoms with Crippen LogP contribution in [0.15, 0.2) is 59.2 Å². The van der Waals surface area contributed by atoms with E-state index in [-0.39, 0.29) is 5.91 Å². The fraction of sp³-hybridized carbons (Fsp3) is 0.250. The molecule has 1 N–H and O–H groups in total. The number of nitrogens with zero attached hydrogens (tertiary/aromatic N) is 2. The van der Waals surface area contributed by atoms with Crippen LogP contribution >= 0.6 is 11.6 Å². The number of halogens is 1. The number of aryl methyl sites for hydroxylation is 3. The second kappa shape index (κ2) is 8.76. The lowest BCUT2D eigenvalue weighted by Crippen LogP contribution is -2.24. The first-order valence-electron chi connectivity index (χ1n) is 10.00. The van der Waals surface area contributed by atoms with E-state index in [9.17, 15) is 4.79 Å². The van der Waals surface area contributed by atoms with Crippen LogP contribution in [0.25, 0.3) is 11.0 Å². The molecule has 4 aromatic rings. The van der Waals surface area contributed by atoms with Crippen molar-refractivity contribution in [2.75, 3.05) is 0 Å². The largest absolute Gasteiger partial charge is 0.467 e. The molecule has 0 atom stereocenters. The summed E-state index contributed by atoms with van der Waals surface area (Å²) in [5.41, 5.74) is 5.41. The zero-order chi connectivity index (χ0) is 21.1. The van der Waals surface area contributed by atoms with Crippen LogP contribution in [0, 0.1) is 13.8 Å². The summed E-state index contributed by atoms with van der Waals surface area (Å²) in [5, 5.41) is 3.63. The maximum Gasteiger partial charge on any atom is 0.222 e. The summed E-state index contributed by atoms with van der Waals surface area (Å²) in [5.74, 6) is 1.62. The Balaban J connectivity index is 1.58. The van der Waals surface area contributed by atoms with E-state index in [2.05, 4.69) is 35.9 Å². The molecule has 6 heteroatoms. The molecular formula is C24H24ClN3O2. The lowest BCUT2D eigenvalue weighted by atomic mass is 10.1. The van der Waals surface area contributed by atoms with Crippen LogP contribution in [0.5, 0.6) is 0 Å². The minimum Gasteiger partial charge on any atom is -0.467 e. The van der Waals surface area contributed by atoms with E-state index in [1.54, 1.807) is 6.26 Å². The van der Waals surface area contributed by atoms with E-state index >= 15 is 0 Å². The molecule has 0 aliphatic carbocycles. The monoisotopic (exact) mass is 421 g/mol. The molecule has 0 fully saturated rings. The maximum absolute atomic E-state index is 12.4.